The first-order valence-corrected chi connectivity index (χ1v) is 6.20. The molecule has 0 spiro atoms. The zero-order valence-corrected chi connectivity index (χ0v) is 11.0. The summed E-state index contributed by atoms with van der Waals surface area (Å²) < 4.78 is 1.75. The highest BCUT2D eigenvalue weighted by Crippen LogP contribution is 2.09. The standard InChI is InChI=1S/C13H17N5O/c1-3-18-9-11(8-15-18)17-13(19)16-10(2)12-6-4-5-7-14-12/h4-10H,3H2,1-2H3,(H2,16,17,19)/t10-/m1/s1. The molecule has 0 bridgehead atoms. The Hall–Kier alpha value is -2.37. The van der Waals surface area contributed by atoms with Crippen molar-refractivity contribution in [2.75, 3.05) is 5.32 Å². The van der Waals surface area contributed by atoms with Crippen LogP contribution in [-0.2, 0) is 6.54 Å². The number of amides is 2. The molecule has 2 aromatic heterocycles. The minimum Gasteiger partial charge on any atom is -0.330 e. The monoisotopic (exact) mass is 259 g/mol. The summed E-state index contributed by atoms with van der Waals surface area (Å²) >= 11 is 0. The summed E-state index contributed by atoms with van der Waals surface area (Å²) in [5.41, 5.74) is 1.49. The molecule has 0 saturated carbocycles. The second-order valence-corrected chi connectivity index (χ2v) is 4.16. The van der Waals surface area contributed by atoms with Crippen molar-refractivity contribution in [3.63, 3.8) is 0 Å². The number of carbonyl (C=O) groups is 1. The number of aromatic nitrogens is 3. The molecule has 0 fully saturated rings. The third kappa shape index (κ3) is 3.54. The van der Waals surface area contributed by atoms with Gasteiger partial charge in [-0.05, 0) is 26.0 Å². The van der Waals surface area contributed by atoms with Crippen LogP contribution in [-0.4, -0.2) is 20.8 Å². The molecule has 1 atom stereocenters. The molecule has 2 amide bonds. The molecule has 0 aliphatic rings. The van der Waals surface area contributed by atoms with Crippen molar-refractivity contribution in [3.05, 3.63) is 42.5 Å². The van der Waals surface area contributed by atoms with Crippen LogP contribution in [0.25, 0.3) is 0 Å². The minimum absolute atomic E-state index is 0.151. The fourth-order valence-electron chi connectivity index (χ4n) is 1.67. The summed E-state index contributed by atoms with van der Waals surface area (Å²) in [7, 11) is 0. The van der Waals surface area contributed by atoms with Gasteiger partial charge < -0.3 is 10.6 Å². The fraction of sp³-hybridized carbons (Fsp3) is 0.308. The summed E-state index contributed by atoms with van der Waals surface area (Å²) in [6, 6.07) is 5.19. The maximum Gasteiger partial charge on any atom is 0.319 e. The Balaban J connectivity index is 1.91. The topological polar surface area (TPSA) is 71.8 Å². The highest BCUT2D eigenvalue weighted by Gasteiger charge is 2.10. The number of hydrogen-bond acceptors (Lipinski definition) is 3. The van der Waals surface area contributed by atoms with E-state index in [1.807, 2.05) is 32.0 Å². The van der Waals surface area contributed by atoms with Crippen LogP contribution in [0.3, 0.4) is 0 Å². The van der Waals surface area contributed by atoms with Crippen molar-refractivity contribution in [1.82, 2.24) is 20.1 Å². The van der Waals surface area contributed by atoms with Crippen molar-refractivity contribution in [1.29, 1.82) is 0 Å². The number of rotatable bonds is 4. The first-order valence-electron chi connectivity index (χ1n) is 6.20. The summed E-state index contributed by atoms with van der Waals surface area (Å²) in [5.74, 6) is 0. The molecule has 2 N–H and O–H groups in total. The molecule has 2 rings (SSSR count). The van der Waals surface area contributed by atoms with Gasteiger partial charge in [0.05, 0.1) is 23.6 Å². The van der Waals surface area contributed by atoms with Gasteiger partial charge in [-0.2, -0.15) is 5.10 Å². The predicted octanol–water partition coefficient (Wildman–Crippen LogP) is 2.18. The quantitative estimate of drug-likeness (QED) is 0.884. The van der Waals surface area contributed by atoms with Crippen LogP contribution in [0.5, 0.6) is 0 Å². The molecule has 0 aliphatic carbocycles. The SMILES string of the molecule is CCn1cc(NC(=O)N[C@H](C)c2ccccn2)cn1. The number of nitrogens with one attached hydrogen (secondary N) is 2. The van der Waals surface area contributed by atoms with Crippen molar-refractivity contribution < 1.29 is 4.79 Å². The van der Waals surface area contributed by atoms with E-state index >= 15 is 0 Å². The highest BCUT2D eigenvalue weighted by molar-refractivity contribution is 5.89. The molecule has 2 aromatic rings. The molecule has 0 radical (unpaired) electrons. The molecule has 100 valence electrons. The third-order valence-corrected chi connectivity index (χ3v) is 2.69. The predicted molar refractivity (Wildman–Crippen MR) is 72.7 cm³/mol. The Labute approximate surface area is 111 Å². The Morgan fingerprint density at radius 1 is 1.47 bits per heavy atom. The van der Waals surface area contributed by atoms with Crippen LogP contribution in [0.4, 0.5) is 10.5 Å². The second kappa shape index (κ2) is 5.99. The number of carbonyl (C=O) groups excluding carboxylic acids is 1. The van der Waals surface area contributed by atoms with Crippen LogP contribution in [0.2, 0.25) is 0 Å². The zero-order valence-electron chi connectivity index (χ0n) is 11.0. The van der Waals surface area contributed by atoms with Gasteiger partial charge in [0.1, 0.15) is 0 Å². The lowest BCUT2D eigenvalue weighted by molar-refractivity contribution is 0.249. The van der Waals surface area contributed by atoms with Crippen molar-refractivity contribution in [2.24, 2.45) is 0 Å². The van der Waals surface area contributed by atoms with Crippen LogP contribution in [0.15, 0.2) is 36.8 Å². The van der Waals surface area contributed by atoms with Crippen LogP contribution in [0.1, 0.15) is 25.6 Å². The van der Waals surface area contributed by atoms with Gasteiger partial charge in [-0.3, -0.25) is 9.67 Å². The van der Waals surface area contributed by atoms with Gasteiger partial charge in [-0.1, -0.05) is 6.07 Å². The van der Waals surface area contributed by atoms with Crippen molar-refractivity contribution in [3.8, 4) is 0 Å². The number of hydrogen-bond donors (Lipinski definition) is 2. The number of aryl methyl sites for hydroxylation is 1. The van der Waals surface area contributed by atoms with E-state index in [9.17, 15) is 4.79 Å². The van der Waals surface area contributed by atoms with Gasteiger partial charge in [0.15, 0.2) is 0 Å². The summed E-state index contributed by atoms with van der Waals surface area (Å²) in [6.07, 6.45) is 5.11. The van der Waals surface area contributed by atoms with E-state index in [2.05, 4.69) is 20.7 Å². The van der Waals surface area contributed by atoms with Crippen LogP contribution < -0.4 is 10.6 Å². The first kappa shape index (κ1) is 13.1. The Kier molecular flexibility index (Phi) is 4.12. The summed E-state index contributed by atoms with van der Waals surface area (Å²) in [4.78, 5) is 16.0. The van der Waals surface area contributed by atoms with Gasteiger partial charge in [0.2, 0.25) is 0 Å². The zero-order chi connectivity index (χ0) is 13.7. The lowest BCUT2D eigenvalue weighted by atomic mass is 10.2. The maximum absolute atomic E-state index is 11.8. The van der Waals surface area contributed by atoms with E-state index in [1.54, 1.807) is 23.3 Å². The lowest BCUT2D eigenvalue weighted by Crippen LogP contribution is -2.31. The Morgan fingerprint density at radius 2 is 2.32 bits per heavy atom. The average molecular weight is 259 g/mol. The number of nitrogens with zero attached hydrogens (tertiary/aromatic N) is 3. The van der Waals surface area contributed by atoms with E-state index in [1.165, 1.54) is 0 Å². The Bertz CT molecular complexity index is 537. The molecule has 0 unspecified atom stereocenters. The molecular formula is C13H17N5O. The van der Waals surface area contributed by atoms with Gasteiger partial charge in [-0.25, -0.2) is 4.79 Å². The van der Waals surface area contributed by atoms with Crippen LogP contribution >= 0.6 is 0 Å². The van der Waals surface area contributed by atoms with E-state index in [4.69, 9.17) is 0 Å². The molecule has 6 nitrogen and oxygen atoms in total. The lowest BCUT2D eigenvalue weighted by Gasteiger charge is -2.13. The van der Waals surface area contributed by atoms with Gasteiger partial charge >= 0.3 is 6.03 Å². The van der Waals surface area contributed by atoms with Gasteiger partial charge in [-0.15, -0.1) is 0 Å². The van der Waals surface area contributed by atoms with Gasteiger partial charge in [0, 0.05) is 18.9 Å². The molecule has 2 heterocycles. The first-order chi connectivity index (χ1) is 9.19. The number of anilines is 1. The van der Waals surface area contributed by atoms with Crippen molar-refractivity contribution >= 4 is 11.7 Å². The molecule has 19 heavy (non-hydrogen) atoms. The normalized spacial score (nSPS) is 11.9. The van der Waals surface area contributed by atoms with E-state index < -0.39 is 0 Å². The molecular weight excluding hydrogens is 242 g/mol. The smallest absolute Gasteiger partial charge is 0.319 e. The van der Waals surface area contributed by atoms with E-state index in [-0.39, 0.29) is 12.1 Å². The third-order valence-electron chi connectivity index (χ3n) is 2.69. The fourth-order valence-corrected chi connectivity index (χ4v) is 1.67. The minimum atomic E-state index is -0.270. The summed E-state index contributed by atoms with van der Waals surface area (Å²) in [5, 5.41) is 9.65. The summed E-state index contributed by atoms with van der Waals surface area (Å²) in [6.45, 7) is 4.64. The number of urea groups is 1. The van der Waals surface area contributed by atoms with E-state index in [0.717, 1.165) is 12.2 Å². The van der Waals surface area contributed by atoms with Crippen molar-refractivity contribution in [2.45, 2.75) is 26.4 Å². The number of pyridine rings is 1. The highest BCUT2D eigenvalue weighted by atomic mass is 16.2. The van der Waals surface area contributed by atoms with E-state index in [0.29, 0.717) is 5.69 Å². The molecule has 0 aromatic carbocycles. The molecule has 6 heteroatoms. The van der Waals surface area contributed by atoms with Gasteiger partial charge in [0.25, 0.3) is 0 Å². The largest absolute Gasteiger partial charge is 0.330 e. The average Bonchev–Trinajstić information content (AvgIpc) is 2.87. The Morgan fingerprint density at radius 3 is 2.95 bits per heavy atom. The maximum atomic E-state index is 11.8. The molecule has 0 aliphatic heterocycles. The second-order valence-electron chi connectivity index (χ2n) is 4.16. The van der Waals surface area contributed by atoms with Crippen LogP contribution in [0, 0.1) is 0 Å². The molecule has 0 saturated heterocycles.